The van der Waals surface area contributed by atoms with Crippen molar-refractivity contribution in [1.29, 1.82) is 0 Å². The molecule has 0 saturated carbocycles. The normalized spacial score (nSPS) is 11.4. The van der Waals surface area contributed by atoms with Gasteiger partial charge in [0, 0.05) is 13.1 Å². The molecule has 1 amide bonds. The van der Waals surface area contributed by atoms with E-state index in [1.165, 1.54) is 13.2 Å². The molecule has 0 aliphatic rings. The Morgan fingerprint density at radius 3 is 2.55 bits per heavy atom. The lowest BCUT2D eigenvalue weighted by Crippen LogP contribution is -2.14. The number of aryl methyl sites for hydroxylation is 1. The summed E-state index contributed by atoms with van der Waals surface area (Å²) in [6.45, 7) is 0. The fourth-order valence-corrected chi connectivity index (χ4v) is 1.78. The van der Waals surface area contributed by atoms with Gasteiger partial charge in [-0.05, 0) is 18.2 Å². The summed E-state index contributed by atoms with van der Waals surface area (Å²) in [5.41, 5.74) is -1.40. The molecule has 0 aliphatic carbocycles. The highest BCUT2D eigenvalue weighted by Gasteiger charge is 2.35. The number of carbonyl (C=O) groups excluding carboxylic acids is 1. The van der Waals surface area contributed by atoms with Gasteiger partial charge in [0.2, 0.25) is 0 Å². The van der Waals surface area contributed by atoms with Crippen molar-refractivity contribution in [1.82, 2.24) is 9.78 Å². The Labute approximate surface area is 122 Å². The Hall–Kier alpha value is -2.58. The van der Waals surface area contributed by atoms with Crippen molar-refractivity contribution < 1.29 is 27.1 Å². The van der Waals surface area contributed by atoms with E-state index >= 15 is 0 Å². The minimum Gasteiger partial charge on any atom is -0.497 e. The number of hydrogen-bond donors (Lipinski definition) is 1. The van der Waals surface area contributed by atoms with E-state index in [0.717, 1.165) is 19.2 Å². The van der Waals surface area contributed by atoms with E-state index in [9.17, 15) is 22.4 Å². The summed E-state index contributed by atoms with van der Waals surface area (Å²) in [6.07, 6.45) is -4.61. The van der Waals surface area contributed by atoms with Crippen molar-refractivity contribution in [2.45, 2.75) is 6.18 Å². The largest absolute Gasteiger partial charge is 0.497 e. The number of alkyl halides is 3. The maximum atomic E-state index is 13.6. The predicted octanol–water partition coefficient (Wildman–Crippen LogP) is 2.84. The summed E-state index contributed by atoms with van der Waals surface area (Å²) >= 11 is 0. The predicted molar refractivity (Wildman–Crippen MR) is 69.1 cm³/mol. The van der Waals surface area contributed by atoms with Crippen molar-refractivity contribution in [3.8, 4) is 5.75 Å². The number of methoxy groups -OCH3 is 1. The fourth-order valence-electron chi connectivity index (χ4n) is 1.78. The van der Waals surface area contributed by atoms with Gasteiger partial charge in [-0.2, -0.15) is 18.3 Å². The number of halogens is 4. The summed E-state index contributed by atoms with van der Waals surface area (Å²) in [5, 5.41) is 5.64. The van der Waals surface area contributed by atoms with Crippen molar-refractivity contribution in [2.24, 2.45) is 7.05 Å². The third-order valence-electron chi connectivity index (χ3n) is 2.83. The molecule has 2 aromatic rings. The first kappa shape index (κ1) is 15.8. The number of ether oxygens (including phenoxy) is 1. The Kier molecular flexibility index (Phi) is 4.07. The van der Waals surface area contributed by atoms with Crippen LogP contribution in [0.4, 0.5) is 23.4 Å². The molecule has 1 heterocycles. The third kappa shape index (κ3) is 3.18. The average molecular weight is 317 g/mol. The number of amides is 1. The minimum atomic E-state index is -4.61. The van der Waals surface area contributed by atoms with Crippen LogP contribution in [0.5, 0.6) is 5.75 Å². The molecule has 0 spiro atoms. The first-order valence-electron chi connectivity index (χ1n) is 5.98. The molecule has 2 rings (SSSR count). The summed E-state index contributed by atoms with van der Waals surface area (Å²) in [6, 6.07) is 4.14. The van der Waals surface area contributed by atoms with Gasteiger partial charge < -0.3 is 10.1 Å². The summed E-state index contributed by atoms with van der Waals surface area (Å²) in [4.78, 5) is 11.9. The Morgan fingerprint density at radius 2 is 2.00 bits per heavy atom. The van der Waals surface area contributed by atoms with E-state index in [4.69, 9.17) is 4.74 Å². The van der Waals surface area contributed by atoms with Crippen LogP contribution in [-0.2, 0) is 13.2 Å². The van der Waals surface area contributed by atoms with Crippen LogP contribution in [0.1, 0.15) is 16.1 Å². The summed E-state index contributed by atoms with van der Waals surface area (Å²) in [5.74, 6) is -1.85. The smallest absolute Gasteiger partial charge is 0.433 e. The van der Waals surface area contributed by atoms with Crippen molar-refractivity contribution in [3.05, 3.63) is 41.3 Å². The molecule has 5 nitrogen and oxygen atoms in total. The maximum absolute atomic E-state index is 13.6. The molecule has 1 aromatic carbocycles. The zero-order valence-corrected chi connectivity index (χ0v) is 11.5. The van der Waals surface area contributed by atoms with Gasteiger partial charge in [0.1, 0.15) is 17.3 Å². The number of aromatic nitrogens is 2. The van der Waals surface area contributed by atoms with E-state index in [1.54, 1.807) is 0 Å². The summed E-state index contributed by atoms with van der Waals surface area (Å²) in [7, 11) is 2.42. The highest BCUT2D eigenvalue weighted by atomic mass is 19.4. The zero-order chi connectivity index (χ0) is 16.5. The van der Waals surface area contributed by atoms with Crippen LogP contribution in [-0.4, -0.2) is 22.8 Å². The SMILES string of the molecule is COc1ccc(F)c(C(=O)Nc2cc(C(F)(F)F)n(C)n2)c1. The first-order valence-corrected chi connectivity index (χ1v) is 5.98. The van der Waals surface area contributed by atoms with E-state index in [-0.39, 0.29) is 17.1 Å². The molecule has 0 radical (unpaired) electrons. The van der Waals surface area contributed by atoms with E-state index in [2.05, 4.69) is 10.4 Å². The molecule has 118 valence electrons. The molecule has 0 aliphatic heterocycles. The van der Waals surface area contributed by atoms with Gasteiger partial charge in [-0.3, -0.25) is 9.48 Å². The van der Waals surface area contributed by atoms with Crippen molar-refractivity contribution in [3.63, 3.8) is 0 Å². The molecule has 22 heavy (non-hydrogen) atoms. The van der Waals surface area contributed by atoms with Crippen molar-refractivity contribution in [2.75, 3.05) is 12.4 Å². The third-order valence-corrected chi connectivity index (χ3v) is 2.83. The van der Waals surface area contributed by atoms with Gasteiger partial charge in [-0.1, -0.05) is 0 Å². The van der Waals surface area contributed by atoms with Crippen LogP contribution in [0, 0.1) is 5.82 Å². The Morgan fingerprint density at radius 1 is 1.32 bits per heavy atom. The highest BCUT2D eigenvalue weighted by molar-refractivity contribution is 6.04. The average Bonchev–Trinajstić information content (AvgIpc) is 2.80. The lowest BCUT2D eigenvalue weighted by Gasteiger charge is -2.05. The molecule has 0 bridgehead atoms. The van der Waals surface area contributed by atoms with Gasteiger partial charge in [-0.15, -0.1) is 0 Å². The van der Waals surface area contributed by atoms with E-state index < -0.39 is 23.6 Å². The second-order valence-corrected chi connectivity index (χ2v) is 4.34. The van der Waals surface area contributed by atoms with Gasteiger partial charge in [0.15, 0.2) is 5.82 Å². The monoisotopic (exact) mass is 317 g/mol. The molecule has 0 atom stereocenters. The molecule has 0 saturated heterocycles. The lowest BCUT2D eigenvalue weighted by atomic mass is 10.2. The van der Waals surface area contributed by atoms with Crippen LogP contribution in [0.3, 0.4) is 0 Å². The maximum Gasteiger partial charge on any atom is 0.433 e. The molecular weight excluding hydrogens is 306 g/mol. The molecule has 0 fully saturated rings. The van der Waals surface area contributed by atoms with Crippen LogP contribution in [0.25, 0.3) is 0 Å². The number of nitrogens with one attached hydrogen (secondary N) is 1. The molecule has 0 unspecified atom stereocenters. The van der Waals surface area contributed by atoms with Crippen molar-refractivity contribution >= 4 is 11.7 Å². The van der Waals surface area contributed by atoms with Gasteiger partial charge in [0.25, 0.3) is 5.91 Å². The van der Waals surface area contributed by atoms with E-state index in [1.807, 2.05) is 0 Å². The van der Waals surface area contributed by atoms with Crippen LogP contribution in [0.15, 0.2) is 24.3 Å². The number of rotatable bonds is 3. The Balaban J connectivity index is 2.26. The summed E-state index contributed by atoms with van der Waals surface area (Å²) < 4.78 is 57.0. The number of benzene rings is 1. The Bertz CT molecular complexity index is 710. The number of anilines is 1. The second kappa shape index (κ2) is 5.66. The topological polar surface area (TPSA) is 56.1 Å². The number of carbonyl (C=O) groups is 1. The second-order valence-electron chi connectivity index (χ2n) is 4.34. The standard InChI is InChI=1S/C13H11F4N3O2/c1-20-10(13(15,16)17)6-11(19-20)18-12(21)8-5-7(22-2)3-4-9(8)14/h3-6H,1-2H3,(H,18,19,21). The fraction of sp³-hybridized carbons (Fsp3) is 0.231. The van der Waals surface area contributed by atoms with Crippen LogP contribution >= 0.6 is 0 Å². The van der Waals surface area contributed by atoms with Gasteiger partial charge >= 0.3 is 6.18 Å². The number of nitrogens with zero attached hydrogens (tertiary/aromatic N) is 2. The molecule has 1 N–H and O–H groups in total. The molecular formula is C13H11F4N3O2. The van der Waals surface area contributed by atoms with Crippen LogP contribution in [0.2, 0.25) is 0 Å². The van der Waals surface area contributed by atoms with Crippen LogP contribution < -0.4 is 10.1 Å². The number of hydrogen-bond acceptors (Lipinski definition) is 3. The highest BCUT2D eigenvalue weighted by Crippen LogP contribution is 2.30. The molecule has 1 aromatic heterocycles. The quantitative estimate of drug-likeness (QED) is 0.886. The molecule has 9 heteroatoms. The van der Waals surface area contributed by atoms with E-state index in [0.29, 0.717) is 10.7 Å². The minimum absolute atomic E-state index is 0.239. The lowest BCUT2D eigenvalue weighted by molar-refractivity contribution is -0.143. The zero-order valence-electron chi connectivity index (χ0n) is 11.5. The van der Waals surface area contributed by atoms with Gasteiger partial charge in [-0.25, -0.2) is 4.39 Å². The first-order chi connectivity index (χ1) is 10.2. The van der Waals surface area contributed by atoms with Gasteiger partial charge in [0.05, 0.1) is 12.7 Å².